The van der Waals surface area contributed by atoms with Crippen molar-refractivity contribution in [2.75, 3.05) is 19.8 Å². The standard InChI is InChI=1S/C21H34O5.C18H28O5/c1-14(2)19(22)25-13-18(26-20(23)15(3)4)12-24-17-10-8-16(9-11-17)21(5,6)7;1-12(2)18(20)23-16(10-17(19)22-13(3)4)11-21-15-8-6-14(5)7-9-15/h8-11,14-15,18,20,23H,12-13H2,1-7H3;6-9,12-13,16,18,20H,10-11H2,1-5H3. The maximum absolute atomic E-state index is 11.8. The molecular formula is C39H62O10. The Morgan fingerprint density at radius 2 is 1.12 bits per heavy atom. The molecule has 0 spiro atoms. The van der Waals surface area contributed by atoms with E-state index in [1.807, 2.05) is 83.1 Å². The largest absolute Gasteiger partial charge is 0.491 e. The summed E-state index contributed by atoms with van der Waals surface area (Å²) in [4.78, 5) is 23.5. The van der Waals surface area contributed by atoms with E-state index in [1.54, 1.807) is 27.7 Å². The normalized spacial score (nSPS) is 14.2. The van der Waals surface area contributed by atoms with Gasteiger partial charge in [-0.3, -0.25) is 9.59 Å². The van der Waals surface area contributed by atoms with Crippen LogP contribution in [0.5, 0.6) is 11.5 Å². The lowest BCUT2D eigenvalue weighted by Gasteiger charge is -2.24. The van der Waals surface area contributed by atoms with E-state index in [2.05, 4.69) is 20.8 Å². The smallest absolute Gasteiger partial charge is 0.308 e. The van der Waals surface area contributed by atoms with E-state index in [4.69, 9.17) is 28.4 Å². The number of hydrogen-bond acceptors (Lipinski definition) is 10. The molecule has 0 amide bonds. The molecule has 0 aliphatic rings. The van der Waals surface area contributed by atoms with Crippen molar-refractivity contribution < 1.29 is 48.2 Å². The quantitative estimate of drug-likeness (QED) is 0.125. The topological polar surface area (TPSA) is 130 Å². The maximum Gasteiger partial charge on any atom is 0.308 e. The van der Waals surface area contributed by atoms with Gasteiger partial charge in [0.05, 0.1) is 18.4 Å². The van der Waals surface area contributed by atoms with Gasteiger partial charge in [-0.25, -0.2) is 0 Å². The molecule has 10 heteroatoms. The van der Waals surface area contributed by atoms with Crippen LogP contribution in [0.15, 0.2) is 48.5 Å². The summed E-state index contributed by atoms with van der Waals surface area (Å²) >= 11 is 0. The monoisotopic (exact) mass is 690 g/mol. The molecule has 2 aromatic rings. The molecule has 0 aromatic heterocycles. The first-order valence-electron chi connectivity index (χ1n) is 17.2. The van der Waals surface area contributed by atoms with E-state index in [-0.39, 0.29) is 67.5 Å². The molecule has 49 heavy (non-hydrogen) atoms. The van der Waals surface area contributed by atoms with Gasteiger partial charge in [0.1, 0.15) is 43.5 Å². The Morgan fingerprint density at radius 1 is 0.673 bits per heavy atom. The maximum atomic E-state index is 11.8. The number of aliphatic hydroxyl groups is 2. The molecule has 0 heterocycles. The predicted octanol–water partition coefficient (Wildman–Crippen LogP) is 7.00. The van der Waals surface area contributed by atoms with Gasteiger partial charge in [0.15, 0.2) is 12.6 Å². The second-order valence-corrected chi connectivity index (χ2v) is 14.5. The average Bonchev–Trinajstić information content (AvgIpc) is 3.01. The lowest BCUT2D eigenvalue weighted by molar-refractivity contribution is -0.185. The van der Waals surface area contributed by atoms with E-state index < -0.39 is 24.8 Å². The number of carbonyl (C=O) groups is 2. The molecule has 10 nitrogen and oxygen atoms in total. The van der Waals surface area contributed by atoms with E-state index >= 15 is 0 Å². The number of esters is 2. The highest BCUT2D eigenvalue weighted by Crippen LogP contribution is 2.24. The Bertz CT molecular complexity index is 1200. The van der Waals surface area contributed by atoms with Crippen molar-refractivity contribution in [1.29, 1.82) is 0 Å². The molecule has 0 aliphatic heterocycles. The van der Waals surface area contributed by atoms with Crippen LogP contribution < -0.4 is 9.47 Å². The molecule has 0 fully saturated rings. The van der Waals surface area contributed by atoms with Crippen LogP contribution in [0.4, 0.5) is 0 Å². The Hall–Kier alpha value is -3.18. The van der Waals surface area contributed by atoms with Crippen molar-refractivity contribution in [2.24, 2.45) is 17.8 Å². The van der Waals surface area contributed by atoms with Gasteiger partial charge in [0.25, 0.3) is 0 Å². The summed E-state index contributed by atoms with van der Waals surface area (Å²) in [6.07, 6.45) is -3.15. The van der Waals surface area contributed by atoms with Crippen LogP contribution in [0, 0.1) is 24.7 Å². The van der Waals surface area contributed by atoms with Crippen LogP contribution in [-0.4, -0.2) is 72.9 Å². The van der Waals surface area contributed by atoms with Gasteiger partial charge in [-0.1, -0.05) is 92.1 Å². The summed E-state index contributed by atoms with van der Waals surface area (Å²) in [6.45, 7) is 23.4. The van der Waals surface area contributed by atoms with Crippen LogP contribution in [-0.2, 0) is 34.0 Å². The van der Waals surface area contributed by atoms with Crippen LogP contribution in [0.2, 0.25) is 0 Å². The van der Waals surface area contributed by atoms with Gasteiger partial charge < -0.3 is 38.6 Å². The molecule has 0 bridgehead atoms. The van der Waals surface area contributed by atoms with Crippen LogP contribution in [0.3, 0.4) is 0 Å². The van der Waals surface area contributed by atoms with Gasteiger partial charge in [-0.2, -0.15) is 0 Å². The van der Waals surface area contributed by atoms with Crippen LogP contribution in [0.25, 0.3) is 0 Å². The molecule has 0 saturated carbocycles. The molecule has 0 radical (unpaired) electrons. The Balaban J connectivity index is 0.000000494. The van der Waals surface area contributed by atoms with Gasteiger partial charge in [0, 0.05) is 11.8 Å². The minimum absolute atomic E-state index is 0.0355. The van der Waals surface area contributed by atoms with Crippen LogP contribution in [0.1, 0.15) is 93.7 Å². The first kappa shape index (κ1) is 43.8. The van der Waals surface area contributed by atoms with Gasteiger partial charge in [0.2, 0.25) is 0 Å². The molecule has 2 N–H and O–H groups in total. The molecule has 2 rings (SSSR count). The van der Waals surface area contributed by atoms with Crippen molar-refractivity contribution in [2.45, 2.75) is 126 Å². The average molecular weight is 691 g/mol. The number of aliphatic hydroxyl groups excluding tert-OH is 2. The first-order chi connectivity index (χ1) is 22.8. The minimum Gasteiger partial charge on any atom is -0.491 e. The molecular weight excluding hydrogens is 628 g/mol. The highest BCUT2D eigenvalue weighted by molar-refractivity contribution is 5.71. The summed E-state index contributed by atoms with van der Waals surface area (Å²) in [6, 6.07) is 15.5. The first-order valence-corrected chi connectivity index (χ1v) is 17.2. The Kier molecular flexibility index (Phi) is 19.5. The van der Waals surface area contributed by atoms with Crippen molar-refractivity contribution in [3.8, 4) is 11.5 Å². The molecule has 278 valence electrons. The number of benzene rings is 2. The Morgan fingerprint density at radius 3 is 1.55 bits per heavy atom. The fourth-order valence-corrected chi connectivity index (χ4v) is 3.88. The summed E-state index contributed by atoms with van der Waals surface area (Å²) in [5.74, 6) is 0.390. The number of carbonyl (C=O) groups excluding carboxylic acids is 2. The molecule has 0 aliphatic carbocycles. The summed E-state index contributed by atoms with van der Waals surface area (Å²) < 4.78 is 33.0. The Labute approximate surface area is 294 Å². The van der Waals surface area contributed by atoms with Crippen molar-refractivity contribution >= 4 is 11.9 Å². The lowest BCUT2D eigenvalue weighted by atomic mass is 9.87. The number of aryl methyl sites for hydroxylation is 1. The molecule has 0 saturated heterocycles. The number of rotatable bonds is 18. The second kappa shape index (κ2) is 21.8. The zero-order chi connectivity index (χ0) is 37.3. The number of hydrogen-bond donors (Lipinski definition) is 2. The fraction of sp³-hybridized carbons (Fsp3) is 0.641. The van der Waals surface area contributed by atoms with Crippen molar-refractivity contribution in [3.05, 3.63) is 59.7 Å². The van der Waals surface area contributed by atoms with Crippen LogP contribution >= 0.6 is 0 Å². The third-order valence-corrected chi connectivity index (χ3v) is 7.06. The summed E-state index contributed by atoms with van der Waals surface area (Å²) in [7, 11) is 0. The van der Waals surface area contributed by atoms with E-state index in [1.165, 1.54) is 5.56 Å². The summed E-state index contributed by atoms with van der Waals surface area (Å²) in [5.41, 5.74) is 2.44. The second-order valence-electron chi connectivity index (χ2n) is 14.5. The van der Waals surface area contributed by atoms with Gasteiger partial charge in [-0.05, 0) is 56.0 Å². The zero-order valence-electron chi connectivity index (χ0n) is 31.7. The fourth-order valence-electron chi connectivity index (χ4n) is 3.88. The van der Waals surface area contributed by atoms with E-state index in [0.717, 1.165) is 5.56 Å². The molecule has 2 aromatic carbocycles. The zero-order valence-corrected chi connectivity index (χ0v) is 31.7. The van der Waals surface area contributed by atoms with Crippen molar-refractivity contribution in [3.63, 3.8) is 0 Å². The SMILES string of the molecule is CC(C)C(=O)OCC(COc1ccc(C(C)(C)C)cc1)OC(O)C(C)C.Cc1ccc(OCC(CC(=O)OC(C)C)OC(O)C(C)C)cc1. The highest BCUT2D eigenvalue weighted by atomic mass is 16.6. The van der Waals surface area contributed by atoms with E-state index in [0.29, 0.717) is 11.5 Å². The number of ether oxygens (including phenoxy) is 6. The highest BCUT2D eigenvalue weighted by Gasteiger charge is 2.23. The summed E-state index contributed by atoms with van der Waals surface area (Å²) in [5, 5.41) is 19.9. The lowest BCUT2D eigenvalue weighted by Crippen LogP contribution is -2.35. The minimum atomic E-state index is -0.950. The molecule has 4 atom stereocenters. The third-order valence-electron chi connectivity index (χ3n) is 7.06. The van der Waals surface area contributed by atoms with Crippen molar-refractivity contribution in [1.82, 2.24) is 0 Å². The van der Waals surface area contributed by atoms with E-state index in [9.17, 15) is 19.8 Å². The van der Waals surface area contributed by atoms with Gasteiger partial charge >= 0.3 is 11.9 Å². The predicted molar refractivity (Wildman–Crippen MR) is 190 cm³/mol. The molecule has 4 unspecified atom stereocenters. The van der Waals surface area contributed by atoms with Gasteiger partial charge in [-0.15, -0.1) is 0 Å². The third kappa shape index (κ3) is 19.0.